The lowest BCUT2D eigenvalue weighted by Gasteiger charge is -2.32. The zero-order valence-corrected chi connectivity index (χ0v) is 18.0. The van der Waals surface area contributed by atoms with Gasteiger partial charge in [-0.2, -0.15) is 13.2 Å². The maximum absolute atomic E-state index is 13.2. The summed E-state index contributed by atoms with van der Waals surface area (Å²) in [5, 5.41) is 0. The largest absolute Gasteiger partial charge is 0.460 e. The lowest BCUT2D eigenvalue weighted by molar-refractivity contribution is -0.169. The van der Waals surface area contributed by atoms with Crippen LogP contribution in [0, 0.1) is 17.8 Å². The van der Waals surface area contributed by atoms with Gasteiger partial charge in [0.15, 0.2) is 0 Å². The molecule has 9 heteroatoms. The van der Waals surface area contributed by atoms with Gasteiger partial charge >= 0.3 is 18.2 Å². The van der Waals surface area contributed by atoms with Gasteiger partial charge in [0.25, 0.3) is 0 Å². The number of nitrogens with zero attached hydrogens (tertiary/aromatic N) is 1. The molecule has 0 aromatic heterocycles. The SMILES string of the molecule is CCCC(C(=O)N1C(=O)OCC1C(C)C)C(CCC(F)(F)F)C(=O)OC(C)(C)C. The van der Waals surface area contributed by atoms with Crippen LogP contribution >= 0.6 is 0 Å². The molecular formula is C20H32F3NO5. The first kappa shape index (κ1) is 25.2. The van der Waals surface area contributed by atoms with Crippen molar-refractivity contribution in [2.24, 2.45) is 17.8 Å². The maximum Gasteiger partial charge on any atom is 0.416 e. The fourth-order valence-corrected chi connectivity index (χ4v) is 3.35. The minimum absolute atomic E-state index is 0.0285. The van der Waals surface area contributed by atoms with Crippen molar-refractivity contribution in [3.8, 4) is 0 Å². The average molecular weight is 423 g/mol. The van der Waals surface area contributed by atoms with Crippen LogP contribution in [0.25, 0.3) is 0 Å². The van der Waals surface area contributed by atoms with Crippen LogP contribution in [0.1, 0.15) is 67.2 Å². The van der Waals surface area contributed by atoms with Gasteiger partial charge < -0.3 is 9.47 Å². The van der Waals surface area contributed by atoms with Gasteiger partial charge in [-0.15, -0.1) is 0 Å². The number of hydrogen-bond acceptors (Lipinski definition) is 5. The summed E-state index contributed by atoms with van der Waals surface area (Å²) in [6.45, 7) is 10.2. The Bertz CT molecular complexity index is 598. The summed E-state index contributed by atoms with van der Waals surface area (Å²) in [5.41, 5.74) is -0.916. The third kappa shape index (κ3) is 7.51. The number of halogens is 3. The molecule has 0 aromatic rings. The van der Waals surface area contributed by atoms with Crippen LogP contribution in [-0.4, -0.2) is 47.3 Å². The molecule has 168 valence electrons. The molecule has 0 bridgehead atoms. The van der Waals surface area contributed by atoms with Crippen LogP contribution in [0.5, 0.6) is 0 Å². The average Bonchev–Trinajstić information content (AvgIpc) is 2.92. The predicted octanol–water partition coefficient (Wildman–Crippen LogP) is 4.71. The van der Waals surface area contributed by atoms with Crippen molar-refractivity contribution in [1.29, 1.82) is 0 Å². The molecule has 1 fully saturated rings. The monoisotopic (exact) mass is 423 g/mol. The molecule has 0 radical (unpaired) electrons. The highest BCUT2D eigenvalue weighted by Gasteiger charge is 2.46. The van der Waals surface area contributed by atoms with E-state index in [2.05, 4.69) is 0 Å². The van der Waals surface area contributed by atoms with E-state index in [0.717, 1.165) is 4.90 Å². The van der Waals surface area contributed by atoms with Gasteiger partial charge in [-0.25, -0.2) is 9.69 Å². The summed E-state index contributed by atoms with van der Waals surface area (Å²) in [7, 11) is 0. The maximum atomic E-state index is 13.2. The van der Waals surface area contributed by atoms with E-state index in [1.54, 1.807) is 27.7 Å². The molecule has 0 N–H and O–H groups in total. The standard InChI is InChI=1S/C20H32F3NO5/c1-7-8-13(16(25)24-15(12(2)3)11-28-18(24)27)14(9-10-20(21,22)23)17(26)29-19(4,5)6/h12-15H,7-11H2,1-6H3. The lowest BCUT2D eigenvalue weighted by atomic mass is 9.83. The fourth-order valence-electron chi connectivity index (χ4n) is 3.35. The number of cyclic esters (lactones) is 1. The number of imide groups is 1. The van der Waals surface area contributed by atoms with Crippen molar-refractivity contribution < 1.29 is 37.0 Å². The molecule has 3 unspecified atom stereocenters. The third-order valence-corrected chi connectivity index (χ3v) is 4.76. The Balaban J connectivity index is 3.23. The molecule has 0 spiro atoms. The summed E-state index contributed by atoms with van der Waals surface area (Å²) in [4.78, 5) is 39.1. The smallest absolute Gasteiger partial charge is 0.416 e. The summed E-state index contributed by atoms with van der Waals surface area (Å²) < 4.78 is 48.9. The van der Waals surface area contributed by atoms with E-state index in [1.165, 1.54) is 0 Å². The highest BCUT2D eigenvalue weighted by molar-refractivity contribution is 5.96. The van der Waals surface area contributed by atoms with Gasteiger partial charge in [0.2, 0.25) is 5.91 Å². The van der Waals surface area contributed by atoms with E-state index in [0.29, 0.717) is 6.42 Å². The Morgan fingerprint density at radius 1 is 1.17 bits per heavy atom. The molecule has 1 rings (SSSR count). The third-order valence-electron chi connectivity index (χ3n) is 4.76. The van der Waals surface area contributed by atoms with Crippen LogP contribution in [0.2, 0.25) is 0 Å². The Kier molecular flexibility index (Phi) is 8.53. The first-order valence-electron chi connectivity index (χ1n) is 9.97. The molecule has 1 aliphatic rings. The van der Waals surface area contributed by atoms with Gasteiger partial charge in [0.05, 0.1) is 17.9 Å². The first-order valence-corrected chi connectivity index (χ1v) is 9.97. The van der Waals surface area contributed by atoms with E-state index in [9.17, 15) is 27.6 Å². The highest BCUT2D eigenvalue weighted by Crippen LogP contribution is 2.34. The summed E-state index contributed by atoms with van der Waals surface area (Å²) in [6, 6.07) is -0.517. The van der Waals surface area contributed by atoms with Gasteiger partial charge in [0.1, 0.15) is 12.2 Å². The van der Waals surface area contributed by atoms with Gasteiger partial charge in [-0.05, 0) is 39.5 Å². The van der Waals surface area contributed by atoms with E-state index in [-0.39, 0.29) is 18.9 Å². The van der Waals surface area contributed by atoms with Crippen LogP contribution in [0.3, 0.4) is 0 Å². The van der Waals surface area contributed by atoms with Crippen molar-refractivity contribution in [3.63, 3.8) is 0 Å². The molecule has 1 heterocycles. The molecule has 1 saturated heterocycles. The van der Waals surface area contributed by atoms with E-state index in [1.807, 2.05) is 13.8 Å². The second-order valence-corrected chi connectivity index (χ2v) is 8.79. The number of ether oxygens (including phenoxy) is 2. The van der Waals surface area contributed by atoms with Crippen LogP contribution < -0.4 is 0 Å². The fraction of sp³-hybridized carbons (Fsp3) is 0.850. The number of amides is 2. The molecular weight excluding hydrogens is 391 g/mol. The van der Waals surface area contributed by atoms with E-state index >= 15 is 0 Å². The lowest BCUT2D eigenvalue weighted by Crippen LogP contribution is -2.48. The number of carbonyl (C=O) groups excluding carboxylic acids is 3. The number of rotatable bonds is 8. The molecule has 2 amide bonds. The van der Waals surface area contributed by atoms with Gasteiger partial charge in [0, 0.05) is 6.42 Å². The Hall–Kier alpha value is -1.80. The summed E-state index contributed by atoms with van der Waals surface area (Å²) in [5.74, 6) is -4.02. The van der Waals surface area contributed by atoms with Crippen LogP contribution in [0.4, 0.5) is 18.0 Å². The van der Waals surface area contributed by atoms with Crippen molar-refractivity contribution in [3.05, 3.63) is 0 Å². The molecule has 0 aliphatic carbocycles. The second-order valence-electron chi connectivity index (χ2n) is 8.79. The predicted molar refractivity (Wildman–Crippen MR) is 99.8 cm³/mol. The second kappa shape index (κ2) is 9.80. The highest BCUT2D eigenvalue weighted by atomic mass is 19.4. The van der Waals surface area contributed by atoms with Crippen molar-refractivity contribution in [2.45, 2.75) is 85.0 Å². The minimum Gasteiger partial charge on any atom is -0.460 e. The van der Waals surface area contributed by atoms with Crippen molar-refractivity contribution in [2.75, 3.05) is 6.61 Å². The van der Waals surface area contributed by atoms with Crippen molar-refractivity contribution >= 4 is 18.0 Å². The minimum atomic E-state index is -4.48. The molecule has 3 atom stereocenters. The molecule has 1 aliphatic heterocycles. The van der Waals surface area contributed by atoms with Crippen LogP contribution in [0.15, 0.2) is 0 Å². The van der Waals surface area contributed by atoms with Crippen molar-refractivity contribution in [1.82, 2.24) is 4.90 Å². The Morgan fingerprint density at radius 3 is 2.21 bits per heavy atom. The van der Waals surface area contributed by atoms with Gasteiger partial charge in [-0.3, -0.25) is 9.59 Å². The normalized spacial score (nSPS) is 19.9. The Morgan fingerprint density at radius 2 is 1.76 bits per heavy atom. The van der Waals surface area contributed by atoms with Gasteiger partial charge in [-0.1, -0.05) is 27.2 Å². The first-order chi connectivity index (χ1) is 13.2. The number of esters is 1. The van der Waals surface area contributed by atoms with E-state index in [4.69, 9.17) is 9.47 Å². The molecule has 6 nitrogen and oxygen atoms in total. The zero-order chi connectivity index (χ0) is 22.6. The van der Waals surface area contributed by atoms with E-state index < -0.39 is 60.5 Å². The summed E-state index contributed by atoms with van der Waals surface area (Å²) in [6.07, 6.45) is -6.49. The topological polar surface area (TPSA) is 72.9 Å². The molecule has 29 heavy (non-hydrogen) atoms. The molecule has 0 aromatic carbocycles. The quantitative estimate of drug-likeness (QED) is 0.529. The number of hydrogen-bond donors (Lipinski definition) is 0. The molecule has 0 saturated carbocycles. The zero-order valence-electron chi connectivity index (χ0n) is 18.0. The number of alkyl halides is 3. The van der Waals surface area contributed by atoms with Crippen LogP contribution in [-0.2, 0) is 19.1 Å². The Labute approximate surface area is 170 Å². The number of carbonyl (C=O) groups is 3. The summed E-state index contributed by atoms with van der Waals surface area (Å²) >= 11 is 0.